The van der Waals surface area contributed by atoms with Crippen LogP contribution in [-0.4, -0.2) is 0 Å². The molecule has 0 unspecified atom stereocenters. The van der Waals surface area contributed by atoms with E-state index in [2.05, 4.69) is 6.58 Å². The molecule has 0 aromatic heterocycles. The van der Waals surface area contributed by atoms with Gasteiger partial charge in [0.15, 0.2) is 0 Å². The first kappa shape index (κ1) is 10.8. The zero-order valence-electron chi connectivity index (χ0n) is 7.64. The van der Waals surface area contributed by atoms with Gasteiger partial charge in [-0.1, -0.05) is 24.3 Å². The van der Waals surface area contributed by atoms with Crippen molar-refractivity contribution in [1.82, 2.24) is 0 Å². The molecule has 14 heavy (non-hydrogen) atoms. The van der Waals surface area contributed by atoms with Gasteiger partial charge in [0.25, 0.3) is 0 Å². The molecule has 76 valence electrons. The number of alkyl halides is 3. The van der Waals surface area contributed by atoms with Crippen LogP contribution in [-0.2, 0) is 12.6 Å². The van der Waals surface area contributed by atoms with Crippen molar-refractivity contribution in [2.75, 3.05) is 0 Å². The molecule has 0 spiro atoms. The number of rotatable bonds is 3. The van der Waals surface area contributed by atoms with Crippen molar-refractivity contribution in [3.8, 4) is 0 Å². The predicted molar refractivity (Wildman–Crippen MR) is 50.0 cm³/mol. The summed E-state index contributed by atoms with van der Waals surface area (Å²) in [7, 11) is 0. The van der Waals surface area contributed by atoms with Gasteiger partial charge < -0.3 is 0 Å². The van der Waals surface area contributed by atoms with Gasteiger partial charge in [0.05, 0.1) is 5.56 Å². The van der Waals surface area contributed by atoms with E-state index in [1.807, 2.05) is 0 Å². The van der Waals surface area contributed by atoms with Crippen LogP contribution in [0.3, 0.4) is 0 Å². The Balaban J connectivity index is 2.97. The Morgan fingerprint density at radius 1 is 1.21 bits per heavy atom. The number of halogens is 3. The second-order valence-corrected chi connectivity index (χ2v) is 2.98. The summed E-state index contributed by atoms with van der Waals surface area (Å²) in [5.41, 5.74) is -0.207. The molecule has 0 heterocycles. The third kappa shape index (κ3) is 2.62. The second kappa shape index (κ2) is 4.31. The van der Waals surface area contributed by atoms with Gasteiger partial charge in [-0.05, 0) is 24.5 Å². The van der Waals surface area contributed by atoms with Crippen LogP contribution in [0.15, 0.2) is 36.9 Å². The Kier molecular flexibility index (Phi) is 3.33. The van der Waals surface area contributed by atoms with Gasteiger partial charge >= 0.3 is 6.18 Å². The van der Waals surface area contributed by atoms with E-state index in [0.29, 0.717) is 18.4 Å². The van der Waals surface area contributed by atoms with Gasteiger partial charge in [-0.2, -0.15) is 13.2 Å². The lowest BCUT2D eigenvalue weighted by Crippen LogP contribution is -2.08. The van der Waals surface area contributed by atoms with Crippen LogP contribution in [0.25, 0.3) is 0 Å². The van der Waals surface area contributed by atoms with Crippen LogP contribution < -0.4 is 0 Å². The van der Waals surface area contributed by atoms with E-state index in [4.69, 9.17) is 0 Å². The highest BCUT2D eigenvalue weighted by Crippen LogP contribution is 2.32. The number of aryl methyl sites for hydroxylation is 1. The summed E-state index contributed by atoms with van der Waals surface area (Å²) in [6.45, 7) is 3.49. The number of hydrogen-bond donors (Lipinski definition) is 0. The van der Waals surface area contributed by atoms with E-state index >= 15 is 0 Å². The molecule has 0 nitrogen and oxygen atoms in total. The summed E-state index contributed by atoms with van der Waals surface area (Å²) in [5.74, 6) is 0. The monoisotopic (exact) mass is 200 g/mol. The van der Waals surface area contributed by atoms with Crippen molar-refractivity contribution in [3.63, 3.8) is 0 Å². The zero-order valence-corrected chi connectivity index (χ0v) is 7.64. The average Bonchev–Trinajstić information content (AvgIpc) is 2.14. The molecule has 0 amide bonds. The summed E-state index contributed by atoms with van der Waals surface area (Å²) in [6.07, 6.45) is -1.68. The highest BCUT2D eigenvalue weighted by Gasteiger charge is 2.32. The maximum absolute atomic E-state index is 12.4. The molecule has 0 radical (unpaired) electrons. The Labute approximate surface area is 81.1 Å². The maximum atomic E-state index is 12.4. The molecule has 0 aliphatic heterocycles. The van der Waals surface area contributed by atoms with Crippen LogP contribution in [0.2, 0.25) is 0 Å². The lowest BCUT2D eigenvalue weighted by molar-refractivity contribution is -0.138. The molecular formula is C11H11F3. The Bertz CT molecular complexity index is 313. The zero-order chi connectivity index (χ0) is 10.6. The summed E-state index contributed by atoms with van der Waals surface area (Å²) < 4.78 is 37.3. The van der Waals surface area contributed by atoms with Crippen LogP contribution >= 0.6 is 0 Å². The third-order valence-corrected chi connectivity index (χ3v) is 1.94. The molecule has 0 atom stereocenters. The fourth-order valence-corrected chi connectivity index (χ4v) is 1.27. The topological polar surface area (TPSA) is 0 Å². The molecule has 0 bridgehead atoms. The minimum atomic E-state index is -4.25. The molecule has 0 fully saturated rings. The summed E-state index contributed by atoms with van der Waals surface area (Å²) >= 11 is 0. The average molecular weight is 200 g/mol. The van der Waals surface area contributed by atoms with Gasteiger partial charge in [-0.3, -0.25) is 0 Å². The maximum Gasteiger partial charge on any atom is 0.416 e. The van der Waals surface area contributed by atoms with Crippen molar-refractivity contribution in [2.24, 2.45) is 0 Å². The molecule has 1 aromatic rings. The fraction of sp³-hybridized carbons (Fsp3) is 0.273. The lowest BCUT2D eigenvalue weighted by atomic mass is 10.0. The Hall–Kier alpha value is -1.25. The molecule has 0 aliphatic carbocycles. The molecule has 0 saturated carbocycles. The van der Waals surface area contributed by atoms with Crippen LogP contribution in [0.5, 0.6) is 0 Å². The van der Waals surface area contributed by atoms with Crippen molar-refractivity contribution in [3.05, 3.63) is 48.0 Å². The number of benzene rings is 1. The molecule has 3 heteroatoms. The molecule has 0 saturated heterocycles. The SMILES string of the molecule is C=CCCc1ccccc1C(F)(F)F. The van der Waals surface area contributed by atoms with E-state index < -0.39 is 11.7 Å². The lowest BCUT2D eigenvalue weighted by Gasteiger charge is -2.11. The van der Waals surface area contributed by atoms with Crippen LogP contribution in [0.4, 0.5) is 13.2 Å². The minimum absolute atomic E-state index is 0.333. The third-order valence-electron chi connectivity index (χ3n) is 1.94. The van der Waals surface area contributed by atoms with Crippen LogP contribution in [0.1, 0.15) is 17.5 Å². The number of hydrogen-bond acceptors (Lipinski definition) is 0. The molecule has 0 N–H and O–H groups in total. The van der Waals surface area contributed by atoms with Gasteiger partial charge in [0, 0.05) is 0 Å². The van der Waals surface area contributed by atoms with Gasteiger partial charge in [-0.15, -0.1) is 6.58 Å². The quantitative estimate of drug-likeness (QED) is 0.650. The van der Waals surface area contributed by atoms with Gasteiger partial charge in [0.2, 0.25) is 0 Å². The number of allylic oxidation sites excluding steroid dienone is 1. The molecule has 0 aliphatic rings. The smallest absolute Gasteiger partial charge is 0.166 e. The normalized spacial score (nSPS) is 11.4. The summed E-state index contributed by atoms with van der Waals surface area (Å²) in [4.78, 5) is 0. The largest absolute Gasteiger partial charge is 0.416 e. The van der Waals surface area contributed by atoms with Crippen molar-refractivity contribution < 1.29 is 13.2 Å². The van der Waals surface area contributed by atoms with Gasteiger partial charge in [-0.25, -0.2) is 0 Å². The van der Waals surface area contributed by atoms with Crippen LogP contribution in [0, 0.1) is 0 Å². The van der Waals surface area contributed by atoms with Crippen molar-refractivity contribution >= 4 is 0 Å². The van der Waals surface area contributed by atoms with Crippen molar-refractivity contribution in [1.29, 1.82) is 0 Å². The Morgan fingerprint density at radius 3 is 2.43 bits per heavy atom. The highest BCUT2D eigenvalue weighted by molar-refractivity contribution is 5.29. The van der Waals surface area contributed by atoms with E-state index in [9.17, 15) is 13.2 Å². The first-order valence-electron chi connectivity index (χ1n) is 4.31. The van der Waals surface area contributed by atoms with E-state index in [0.717, 1.165) is 6.07 Å². The minimum Gasteiger partial charge on any atom is -0.166 e. The fourth-order valence-electron chi connectivity index (χ4n) is 1.27. The molecular weight excluding hydrogens is 189 g/mol. The molecule has 1 aromatic carbocycles. The van der Waals surface area contributed by atoms with E-state index in [1.54, 1.807) is 12.1 Å². The summed E-state index contributed by atoms with van der Waals surface area (Å²) in [5, 5.41) is 0. The predicted octanol–water partition coefficient (Wildman–Crippen LogP) is 3.82. The van der Waals surface area contributed by atoms with E-state index in [1.165, 1.54) is 12.1 Å². The first-order valence-corrected chi connectivity index (χ1v) is 4.31. The van der Waals surface area contributed by atoms with Crippen molar-refractivity contribution in [2.45, 2.75) is 19.0 Å². The Morgan fingerprint density at radius 2 is 1.86 bits per heavy atom. The van der Waals surface area contributed by atoms with E-state index in [-0.39, 0.29) is 0 Å². The highest BCUT2D eigenvalue weighted by atomic mass is 19.4. The molecule has 1 rings (SSSR count). The first-order chi connectivity index (χ1) is 6.55. The van der Waals surface area contributed by atoms with Gasteiger partial charge in [0.1, 0.15) is 0 Å². The summed E-state index contributed by atoms with van der Waals surface area (Å²) in [6, 6.07) is 5.64. The second-order valence-electron chi connectivity index (χ2n) is 2.98. The standard InChI is InChI=1S/C11H11F3/c1-2-3-6-9-7-4-5-8-10(9)11(12,13)14/h2,4-5,7-8H,1,3,6H2.